The van der Waals surface area contributed by atoms with Gasteiger partial charge in [-0.1, -0.05) is 12.1 Å². The SMILES string of the molecule is COc1ccc(CN2CCCN(C(=O)[C@H](C)n3ccnc3)CC2)cc1. The van der Waals surface area contributed by atoms with Crippen LogP contribution in [0.1, 0.15) is 24.9 Å². The maximum Gasteiger partial charge on any atom is 0.245 e. The third kappa shape index (κ3) is 4.39. The van der Waals surface area contributed by atoms with Crippen molar-refractivity contribution in [3.05, 3.63) is 48.5 Å². The van der Waals surface area contributed by atoms with Crippen LogP contribution in [0.5, 0.6) is 5.75 Å². The van der Waals surface area contributed by atoms with Crippen LogP contribution in [0.4, 0.5) is 0 Å². The molecule has 0 aliphatic carbocycles. The molecule has 0 N–H and O–H groups in total. The number of carbonyl (C=O) groups excluding carboxylic acids is 1. The Morgan fingerprint density at radius 3 is 2.68 bits per heavy atom. The second-order valence-corrected chi connectivity index (χ2v) is 6.49. The first-order valence-corrected chi connectivity index (χ1v) is 8.79. The molecule has 1 amide bonds. The van der Waals surface area contributed by atoms with E-state index in [1.54, 1.807) is 19.6 Å². The fourth-order valence-corrected chi connectivity index (χ4v) is 3.23. The number of nitrogens with zero attached hydrogens (tertiary/aromatic N) is 4. The van der Waals surface area contributed by atoms with Gasteiger partial charge in [-0.25, -0.2) is 4.98 Å². The van der Waals surface area contributed by atoms with Gasteiger partial charge in [0.05, 0.1) is 13.4 Å². The lowest BCUT2D eigenvalue weighted by atomic mass is 10.2. The van der Waals surface area contributed by atoms with Gasteiger partial charge in [0, 0.05) is 45.1 Å². The van der Waals surface area contributed by atoms with Crippen LogP contribution < -0.4 is 4.74 Å². The average molecular weight is 342 g/mol. The molecule has 0 spiro atoms. The molecule has 1 saturated heterocycles. The van der Waals surface area contributed by atoms with E-state index in [4.69, 9.17) is 4.74 Å². The highest BCUT2D eigenvalue weighted by Gasteiger charge is 2.24. The van der Waals surface area contributed by atoms with E-state index in [9.17, 15) is 4.79 Å². The van der Waals surface area contributed by atoms with Gasteiger partial charge in [-0.2, -0.15) is 0 Å². The first-order chi connectivity index (χ1) is 12.2. The Hall–Kier alpha value is -2.34. The Bertz CT molecular complexity index is 669. The summed E-state index contributed by atoms with van der Waals surface area (Å²) in [5, 5.41) is 0. The molecule has 0 radical (unpaired) electrons. The molecular formula is C19H26N4O2. The first-order valence-electron chi connectivity index (χ1n) is 8.79. The Morgan fingerprint density at radius 2 is 2.00 bits per heavy atom. The highest BCUT2D eigenvalue weighted by Crippen LogP contribution is 2.16. The van der Waals surface area contributed by atoms with Crippen molar-refractivity contribution in [3.63, 3.8) is 0 Å². The topological polar surface area (TPSA) is 50.6 Å². The highest BCUT2D eigenvalue weighted by atomic mass is 16.5. The Balaban J connectivity index is 1.55. The van der Waals surface area contributed by atoms with Crippen molar-refractivity contribution in [2.45, 2.75) is 25.9 Å². The van der Waals surface area contributed by atoms with Crippen LogP contribution in [0.15, 0.2) is 43.0 Å². The minimum Gasteiger partial charge on any atom is -0.497 e. The number of hydrogen-bond acceptors (Lipinski definition) is 4. The molecule has 1 atom stereocenters. The van der Waals surface area contributed by atoms with Crippen molar-refractivity contribution < 1.29 is 9.53 Å². The van der Waals surface area contributed by atoms with Gasteiger partial charge in [0.1, 0.15) is 11.8 Å². The molecule has 134 valence electrons. The van der Waals surface area contributed by atoms with Gasteiger partial charge < -0.3 is 14.2 Å². The molecule has 3 rings (SSSR count). The third-order valence-corrected chi connectivity index (χ3v) is 4.79. The molecule has 2 aromatic rings. The molecule has 6 heteroatoms. The van der Waals surface area contributed by atoms with Crippen molar-refractivity contribution in [2.24, 2.45) is 0 Å². The number of carbonyl (C=O) groups is 1. The summed E-state index contributed by atoms with van der Waals surface area (Å²) >= 11 is 0. The van der Waals surface area contributed by atoms with Crippen molar-refractivity contribution in [1.82, 2.24) is 19.4 Å². The number of amides is 1. The molecule has 1 aliphatic heterocycles. The molecule has 1 fully saturated rings. The highest BCUT2D eigenvalue weighted by molar-refractivity contribution is 5.80. The number of benzene rings is 1. The molecule has 0 saturated carbocycles. The standard InChI is InChI=1S/C19H26N4O2/c1-16(23-11-8-20-15-23)19(24)22-10-3-9-21(12-13-22)14-17-4-6-18(25-2)7-5-17/h4-8,11,15-16H,3,9-10,12-14H2,1-2H3/t16-/m0/s1. The summed E-state index contributed by atoms with van der Waals surface area (Å²) in [7, 11) is 1.68. The largest absolute Gasteiger partial charge is 0.497 e. The quantitative estimate of drug-likeness (QED) is 0.836. The lowest BCUT2D eigenvalue weighted by Crippen LogP contribution is -2.38. The zero-order valence-electron chi connectivity index (χ0n) is 15.0. The summed E-state index contributed by atoms with van der Waals surface area (Å²) < 4.78 is 7.07. The summed E-state index contributed by atoms with van der Waals surface area (Å²) in [6.45, 7) is 6.34. The van der Waals surface area contributed by atoms with Crippen LogP contribution >= 0.6 is 0 Å². The van der Waals surface area contributed by atoms with E-state index < -0.39 is 0 Å². The van der Waals surface area contributed by atoms with Gasteiger partial charge in [-0.15, -0.1) is 0 Å². The lowest BCUT2D eigenvalue weighted by Gasteiger charge is -2.25. The molecule has 1 aromatic carbocycles. The average Bonchev–Trinajstić information content (AvgIpc) is 3.08. The summed E-state index contributed by atoms with van der Waals surface area (Å²) in [6.07, 6.45) is 6.26. The first kappa shape index (κ1) is 17.5. The number of rotatable bonds is 5. The van der Waals surface area contributed by atoms with Gasteiger partial charge in [-0.3, -0.25) is 9.69 Å². The van der Waals surface area contributed by atoms with E-state index in [-0.39, 0.29) is 11.9 Å². The van der Waals surface area contributed by atoms with Crippen LogP contribution in [-0.4, -0.2) is 58.5 Å². The fourth-order valence-electron chi connectivity index (χ4n) is 3.23. The zero-order chi connectivity index (χ0) is 17.6. The number of hydrogen-bond donors (Lipinski definition) is 0. The molecule has 1 aromatic heterocycles. The van der Waals surface area contributed by atoms with E-state index in [0.717, 1.165) is 44.9 Å². The summed E-state index contributed by atoms with van der Waals surface area (Å²) in [4.78, 5) is 21.2. The predicted octanol–water partition coefficient (Wildman–Crippen LogP) is 2.19. The number of ether oxygens (including phenoxy) is 1. The van der Waals surface area contributed by atoms with Crippen LogP contribution in [-0.2, 0) is 11.3 Å². The van der Waals surface area contributed by atoms with Crippen molar-refractivity contribution in [3.8, 4) is 5.75 Å². The van der Waals surface area contributed by atoms with Crippen LogP contribution in [0.2, 0.25) is 0 Å². The van der Waals surface area contributed by atoms with E-state index in [1.165, 1.54) is 5.56 Å². The molecule has 6 nitrogen and oxygen atoms in total. The van der Waals surface area contributed by atoms with Gasteiger partial charge in [0.15, 0.2) is 0 Å². The third-order valence-electron chi connectivity index (χ3n) is 4.79. The molecule has 2 heterocycles. The summed E-state index contributed by atoms with van der Waals surface area (Å²) in [6, 6.07) is 8.00. The molecule has 1 aliphatic rings. The molecular weight excluding hydrogens is 316 g/mol. The van der Waals surface area contributed by atoms with Crippen molar-refractivity contribution in [2.75, 3.05) is 33.3 Å². The van der Waals surface area contributed by atoms with Crippen molar-refractivity contribution in [1.29, 1.82) is 0 Å². The number of imidazole rings is 1. The van der Waals surface area contributed by atoms with Gasteiger partial charge >= 0.3 is 0 Å². The monoisotopic (exact) mass is 342 g/mol. The maximum absolute atomic E-state index is 12.7. The summed E-state index contributed by atoms with van der Waals surface area (Å²) in [5.74, 6) is 1.05. The molecule has 0 unspecified atom stereocenters. The smallest absolute Gasteiger partial charge is 0.245 e. The number of aromatic nitrogens is 2. The van der Waals surface area contributed by atoms with Crippen LogP contribution in [0, 0.1) is 0 Å². The minimum absolute atomic E-state index is 0.171. The van der Waals surface area contributed by atoms with E-state index in [0.29, 0.717) is 0 Å². The Kier molecular flexibility index (Phi) is 5.71. The maximum atomic E-state index is 12.7. The van der Waals surface area contributed by atoms with Crippen LogP contribution in [0.25, 0.3) is 0 Å². The molecule has 0 bridgehead atoms. The van der Waals surface area contributed by atoms with E-state index in [1.807, 2.05) is 34.7 Å². The fraction of sp³-hybridized carbons (Fsp3) is 0.474. The lowest BCUT2D eigenvalue weighted by molar-refractivity contribution is -0.134. The normalized spacial score (nSPS) is 17.1. The van der Waals surface area contributed by atoms with Gasteiger partial charge in [0.25, 0.3) is 0 Å². The zero-order valence-corrected chi connectivity index (χ0v) is 15.0. The Morgan fingerprint density at radius 1 is 1.20 bits per heavy atom. The van der Waals surface area contributed by atoms with Crippen LogP contribution in [0.3, 0.4) is 0 Å². The van der Waals surface area contributed by atoms with Crippen molar-refractivity contribution >= 4 is 5.91 Å². The predicted molar refractivity (Wildman–Crippen MR) is 96.4 cm³/mol. The van der Waals surface area contributed by atoms with Gasteiger partial charge in [0.2, 0.25) is 5.91 Å². The minimum atomic E-state index is -0.198. The second-order valence-electron chi connectivity index (χ2n) is 6.49. The van der Waals surface area contributed by atoms with E-state index in [2.05, 4.69) is 22.0 Å². The van der Waals surface area contributed by atoms with E-state index >= 15 is 0 Å². The second kappa shape index (κ2) is 8.16. The number of methoxy groups -OCH3 is 1. The Labute approximate surface area is 149 Å². The van der Waals surface area contributed by atoms with Gasteiger partial charge in [-0.05, 0) is 31.0 Å². The summed E-state index contributed by atoms with van der Waals surface area (Å²) in [5.41, 5.74) is 1.27. The molecule has 25 heavy (non-hydrogen) atoms.